The van der Waals surface area contributed by atoms with Crippen LogP contribution in [0.4, 0.5) is 0 Å². The lowest BCUT2D eigenvalue weighted by Gasteiger charge is -2.13. The molecule has 2 aromatic rings. The van der Waals surface area contributed by atoms with E-state index in [-0.39, 0.29) is 11.6 Å². The smallest absolute Gasteiger partial charge is 0.211 e. The predicted molar refractivity (Wildman–Crippen MR) is 85.5 cm³/mol. The van der Waals surface area contributed by atoms with Crippen molar-refractivity contribution in [1.82, 2.24) is 9.55 Å². The van der Waals surface area contributed by atoms with Crippen molar-refractivity contribution in [2.75, 3.05) is 5.75 Å². The molecule has 0 aliphatic carbocycles. The van der Waals surface area contributed by atoms with Gasteiger partial charge in [-0.15, -0.1) is 0 Å². The van der Waals surface area contributed by atoms with Crippen molar-refractivity contribution in [2.24, 2.45) is 0 Å². The van der Waals surface area contributed by atoms with E-state index in [9.17, 15) is 9.59 Å². The largest absolute Gasteiger partial charge is 0.295 e. The van der Waals surface area contributed by atoms with Crippen LogP contribution in [0, 0.1) is 0 Å². The molecule has 2 heterocycles. The molecule has 0 radical (unpaired) electrons. The number of fused-ring (bicyclic) bond motifs is 1. The number of thioether (sulfide) groups is 1. The van der Waals surface area contributed by atoms with Crippen LogP contribution in [0.5, 0.6) is 0 Å². The van der Waals surface area contributed by atoms with Gasteiger partial charge in [0.05, 0.1) is 6.20 Å². The number of carbonyl (C=O) groups is 2. The van der Waals surface area contributed by atoms with E-state index in [1.807, 2.05) is 12.1 Å². The van der Waals surface area contributed by atoms with Crippen LogP contribution in [-0.4, -0.2) is 26.9 Å². The molecule has 0 bridgehead atoms. The number of halogens is 1. The van der Waals surface area contributed by atoms with Crippen molar-refractivity contribution >= 4 is 45.5 Å². The van der Waals surface area contributed by atoms with Crippen molar-refractivity contribution in [3.05, 3.63) is 51.8 Å². The van der Waals surface area contributed by atoms with E-state index in [0.29, 0.717) is 22.6 Å². The van der Waals surface area contributed by atoms with Crippen molar-refractivity contribution < 1.29 is 9.59 Å². The van der Waals surface area contributed by atoms with Gasteiger partial charge in [-0.1, -0.05) is 27.7 Å². The fourth-order valence-corrected chi connectivity index (χ4v) is 3.26. The van der Waals surface area contributed by atoms with E-state index in [1.165, 1.54) is 18.7 Å². The van der Waals surface area contributed by atoms with Crippen LogP contribution in [0.15, 0.2) is 45.7 Å². The number of benzene rings is 1. The maximum absolute atomic E-state index is 12.6. The maximum atomic E-state index is 12.6. The molecule has 1 aromatic carbocycles. The lowest BCUT2D eigenvalue weighted by atomic mass is 10.1. The average molecular weight is 363 g/mol. The van der Waals surface area contributed by atoms with Gasteiger partial charge in [-0.3, -0.25) is 14.2 Å². The van der Waals surface area contributed by atoms with Crippen molar-refractivity contribution in [3.8, 4) is 0 Å². The second-order valence-corrected chi connectivity index (χ2v) is 6.49. The monoisotopic (exact) mass is 362 g/mol. The Balaban J connectivity index is 2.02. The number of carbonyl (C=O) groups excluding carboxylic acids is 2. The number of Topliss-reactive ketones (excluding diaryl/α,β-unsaturated/α-hetero) is 1. The second-order valence-electron chi connectivity index (χ2n) is 4.63. The van der Waals surface area contributed by atoms with Crippen LogP contribution in [0.2, 0.25) is 0 Å². The first-order valence-electron chi connectivity index (χ1n) is 6.28. The molecule has 0 spiro atoms. The Morgan fingerprint density at radius 1 is 1.29 bits per heavy atom. The second kappa shape index (κ2) is 5.61. The average Bonchev–Trinajstić information content (AvgIpc) is 2.90. The van der Waals surface area contributed by atoms with Gasteiger partial charge in [0, 0.05) is 27.6 Å². The Morgan fingerprint density at radius 3 is 2.67 bits per heavy atom. The molecule has 4 nitrogen and oxygen atoms in total. The zero-order valence-electron chi connectivity index (χ0n) is 11.2. The Bertz CT molecular complexity index is 762. The molecular formula is C15H11BrN2O2S. The number of imidazole rings is 1. The van der Waals surface area contributed by atoms with E-state index in [0.717, 1.165) is 9.63 Å². The Hall–Kier alpha value is -1.66. The van der Waals surface area contributed by atoms with Gasteiger partial charge in [-0.2, -0.15) is 0 Å². The molecule has 0 unspecified atom stereocenters. The third kappa shape index (κ3) is 2.73. The van der Waals surface area contributed by atoms with Gasteiger partial charge in [0.2, 0.25) is 5.78 Å². The molecule has 106 valence electrons. The fraction of sp³-hybridized carbons (Fsp3) is 0.133. The summed E-state index contributed by atoms with van der Waals surface area (Å²) < 4.78 is 2.62. The van der Waals surface area contributed by atoms with Gasteiger partial charge in [-0.05, 0) is 31.2 Å². The van der Waals surface area contributed by atoms with Crippen LogP contribution in [0.1, 0.15) is 23.0 Å². The third-order valence-electron chi connectivity index (χ3n) is 3.20. The summed E-state index contributed by atoms with van der Waals surface area (Å²) in [5.74, 6) is 0.505. The van der Waals surface area contributed by atoms with Gasteiger partial charge >= 0.3 is 0 Å². The number of nitrogens with zero attached hydrogens (tertiary/aromatic N) is 2. The van der Waals surface area contributed by atoms with Crippen LogP contribution < -0.4 is 0 Å². The summed E-state index contributed by atoms with van der Waals surface area (Å²) in [4.78, 5) is 28.3. The summed E-state index contributed by atoms with van der Waals surface area (Å²) in [5, 5.41) is 0.737. The van der Waals surface area contributed by atoms with Gasteiger partial charge in [0.25, 0.3) is 0 Å². The van der Waals surface area contributed by atoms with Crippen LogP contribution in [0.25, 0.3) is 6.20 Å². The summed E-state index contributed by atoms with van der Waals surface area (Å²) in [6, 6.07) is 7.18. The molecule has 0 atom stereocenters. The van der Waals surface area contributed by atoms with Crippen molar-refractivity contribution in [1.29, 1.82) is 0 Å². The summed E-state index contributed by atoms with van der Waals surface area (Å²) in [7, 11) is 0. The molecule has 0 fully saturated rings. The SMILES string of the molecule is CC(=O)C1=Cn2c(C(=O)c3ccc(Br)cc3)cnc2SC1. The quantitative estimate of drug-likeness (QED) is 0.785. The lowest BCUT2D eigenvalue weighted by Crippen LogP contribution is -2.12. The molecule has 1 aromatic heterocycles. The first kappa shape index (κ1) is 14.3. The third-order valence-corrected chi connectivity index (χ3v) is 4.74. The molecule has 0 N–H and O–H groups in total. The number of rotatable bonds is 3. The minimum atomic E-state index is -0.108. The Morgan fingerprint density at radius 2 is 2.00 bits per heavy atom. The lowest BCUT2D eigenvalue weighted by molar-refractivity contribution is -0.113. The zero-order chi connectivity index (χ0) is 15.0. The summed E-state index contributed by atoms with van der Waals surface area (Å²) in [6.07, 6.45) is 3.28. The molecule has 1 aliphatic rings. The highest BCUT2D eigenvalue weighted by molar-refractivity contribution is 9.10. The molecule has 0 saturated carbocycles. The molecule has 3 rings (SSSR count). The Labute approximate surface area is 134 Å². The van der Waals surface area contributed by atoms with Gasteiger partial charge in [-0.25, -0.2) is 4.98 Å². The van der Waals surface area contributed by atoms with Crippen molar-refractivity contribution in [2.45, 2.75) is 12.1 Å². The van der Waals surface area contributed by atoms with E-state index in [2.05, 4.69) is 20.9 Å². The first-order valence-corrected chi connectivity index (χ1v) is 8.06. The summed E-state index contributed by atoms with van der Waals surface area (Å²) in [5.41, 5.74) is 1.75. The minimum Gasteiger partial charge on any atom is -0.295 e. The molecule has 0 saturated heterocycles. The Kier molecular flexibility index (Phi) is 3.82. The zero-order valence-corrected chi connectivity index (χ0v) is 13.6. The highest BCUT2D eigenvalue weighted by Gasteiger charge is 2.22. The number of hydrogen-bond acceptors (Lipinski definition) is 4. The topological polar surface area (TPSA) is 52.0 Å². The van der Waals surface area contributed by atoms with Gasteiger partial charge in [0.1, 0.15) is 5.69 Å². The molecule has 6 heteroatoms. The molecule has 21 heavy (non-hydrogen) atoms. The van der Waals surface area contributed by atoms with E-state index >= 15 is 0 Å². The molecule has 1 aliphatic heterocycles. The molecule has 0 amide bonds. The number of ketones is 2. The van der Waals surface area contributed by atoms with Crippen LogP contribution in [0.3, 0.4) is 0 Å². The normalized spacial score (nSPS) is 13.5. The fourth-order valence-electron chi connectivity index (χ4n) is 2.02. The van der Waals surface area contributed by atoms with Gasteiger partial charge < -0.3 is 0 Å². The van der Waals surface area contributed by atoms with E-state index < -0.39 is 0 Å². The summed E-state index contributed by atoms with van der Waals surface area (Å²) >= 11 is 4.81. The number of aromatic nitrogens is 2. The minimum absolute atomic E-state index is 0.0175. The van der Waals surface area contributed by atoms with E-state index in [1.54, 1.807) is 29.1 Å². The van der Waals surface area contributed by atoms with Crippen LogP contribution in [-0.2, 0) is 4.79 Å². The first-order chi connectivity index (χ1) is 10.1. The van der Waals surface area contributed by atoms with Gasteiger partial charge in [0.15, 0.2) is 10.9 Å². The maximum Gasteiger partial charge on any atom is 0.211 e. The highest BCUT2D eigenvalue weighted by atomic mass is 79.9. The standard InChI is InChI=1S/C15H11BrN2O2S/c1-9(19)11-7-18-13(6-17-15(18)21-8-11)14(20)10-2-4-12(16)5-3-10/h2-7H,8H2,1H3. The molecular weight excluding hydrogens is 352 g/mol. The highest BCUT2D eigenvalue weighted by Crippen LogP contribution is 2.28. The summed E-state index contributed by atoms with van der Waals surface area (Å²) in [6.45, 7) is 1.53. The van der Waals surface area contributed by atoms with E-state index in [4.69, 9.17) is 0 Å². The number of hydrogen-bond donors (Lipinski definition) is 0. The predicted octanol–water partition coefficient (Wildman–Crippen LogP) is 3.41. The van der Waals surface area contributed by atoms with Crippen LogP contribution >= 0.6 is 27.7 Å². The van der Waals surface area contributed by atoms with Crippen molar-refractivity contribution in [3.63, 3.8) is 0 Å².